The summed E-state index contributed by atoms with van der Waals surface area (Å²) >= 11 is 0. The van der Waals surface area contributed by atoms with E-state index in [1.807, 2.05) is 0 Å². The van der Waals surface area contributed by atoms with Crippen LogP contribution in [0.15, 0.2) is 194 Å². The Balaban J connectivity index is 1.22. The fourth-order valence-electron chi connectivity index (χ4n) is 10.5. The van der Waals surface area contributed by atoms with Crippen LogP contribution in [0.25, 0.3) is 120 Å². The molecule has 0 saturated carbocycles. The average Bonchev–Trinajstić information content (AvgIpc) is 3.83. The van der Waals surface area contributed by atoms with Crippen LogP contribution in [0.5, 0.6) is 0 Å². The Labute approximate surface area is 349 Å². The number of benzene rings is 10. The van der Waals surface area contributed by atoms with Crippen molar-refractivity contribution in [1.82, 2.24) is 9.13 Å². The van der Waals surface area contributed by atoms with Crippen molar-refractivity contribution in [3.8, 4) is 44.5 Å². The summed E-state index contributed by atoms with van der Waals surface area (Å²) in [6, 6.07) is 72.5. The maximum atomic E-state index is 2.51. The van der Waals surface area contributed by atoms with Crippen molar-refractivity contribution in [2.75, 3.05) is 0 Å². The van der Waals surface area contributed by atoms with Gasteiger partial charge in [-0.1, -0.05) is 170 Å². The van der Waals surface area contributed by atoms with E-state index in [0.717, 1.165) is 13.1 Å². The lowest BCUT2D eigenvalue weighted by Gasteiger charge is -2.20. The number of fused-ring (bicyclic) bond motifs is 9. The zero-order chi connectivity index (χ0) is 39.9. The van der Waals surface area contributed by atoms with Gasteiger partial charge in [0.15, 0.2) is 0 Å². The first-order chi connectivity index (χ1) is 29.7. The molecule has 0 aliphatic rings. The second-order valence-corrected chi connectivity index (χ2v) is 16.1. The summed E-state index contributed by atoms with van der Waals surface area (Å²) in [5.74, 6) is 0. The molecular formula is C58H42N2. The van der Waals surface area contributed by atoms with Crippen molar-refractivity contribution >= 4 is 75.9 Å². The Morgan fingerprint density at radius 1 is 0.300 bits per heavy atom. The Kier molecular flexibility index (Phi) is 7.83. The van der Waals surface area contributed by atoms with E-state index in [2.05, 4.69) is 217 Å². The van der Waals surface area contributed by atoms with Gasteiger partial charge in [0.1, 0.15) is 0 Å². The standard InChI is InChI=1S/C58H42N2/c1-3-59-54-31-10-8-20-43(54)50-29-15-27-48(57(50)59)41-22-13-25-46-52(41)36-53-42(49-28-16-30-51-44-21-9-11-32-55(44)60(4-2)58(49)51)23-14-26-47(53)56(46)45-24-12-19-39-35-38(33-34-40(39)45)37-17-6-5-7-18-37/h5-36H,3-4H2,1-2H3. The van der Waals surface area contributed by atoms with Gasteiger partial charge in [0.2, 0.25) is 0 Å². The lowest BCUT2D eigenvalue weighted by atomic mass is 9.84. The number of hydrogen-bond donors (Lipinski definition) is 0. The van der Waals surface area contributed by atoms with Crippen LogP contribution in [0, 0.1) is 0 Å². The molecule has 0 aliphatic carbocycles. The van der Waals surface area contributed by atoms with E-state index in [0.29, 0.717) is 0 Å². The molecular weight excluding hydrogens is 725 g/mol. The quantitative estimate of drug-likeness (QED) is 0.149. The summed E-state index contributed by atoms with van der Waals surface area (Å²) in [6.45, 7) is 6.31. The Morgan fingerprint density at radius 2 is 0.767 bits per heavy atom. The van der Waals surface area contributed by atoms with Gasteiger partial charge < -0.3 is 9.13 Å². The fourth-order valence-corrected chi connectivity index (χ4v) is 10.5. The van der Waals surface area contributed by atoms with E-state index in [1.54, 1.807) is 0 Å². The van der Waals surface area contributed by atoms with Crippen LogP contribution in [-0.4, -0.2) is 9.13 Å². The topological polar surface area (TPSA) is 9.86 Å². The molecule has 0 atom stereocenters. The minimum absolute atomic E-state index is 0.889. The van der Waals surface area contributed by atoms with Gasteiger partial charge in [-0.2, -0.15) is 0 Å². The summed E-state index contributed by atoms with van der Waals surface area (Å²) in [4.78, 5) is 0. The number of hydrogen-bond acceptors (Lipinski definition) is 0. The third kappa shape index (κ3) is 5.01. The van der Waals surface area contributed by atoms with E-state index in [9.17, 15) is 0 Å². The molecule has 2 heteroatoms. The SMILES string of the molecule is CCn1c2ccccc2c2cccc(-c3cccc4c(-c5cccc6cc(-c7ccccc7)ccc56)c5cccc(-c6cccc7c8ccccc8n(CC)c67)c5cc34)c21. The highest BCUT2D eigenvalue weighted by Gasteiger charge is 2.22. The molecule has 0 radical (unpaired) electrons. The van der Waals surface area contributed by atoms with Gasteiger partial charge in [0.05, 0.1) is 11.0 Å². The Bertz CT molecular complexity index is 3500. The smallest absolute Gasteiger partial charge is 0.0571 e. The molecule has 284 valence electrons. The molecule has 2 heterocycles. The van der Waals surface area contributed by atoms with Gasteiger partial charge in [-0.25, -0.2) is 0 Å². The predicted octanol–water partition coefficient (Wildman–Crippen LogP) is 16.1. The van der Waals surface area contributed by atoms with Crippen LogP contribution >= 0.6 is 0 Å². The highest BCUT2D eigenvalue weighted by atomic mass is 15.0. The van der Waals surface area contributed by atoms with Crippen molar-refractivity contribution in [2.24, 2.45) is 0 Å². The predicted molar refractivity (Wildman–Crippen MR) is 258 cm³/mol. The molecule has 0 unspecified atom stereocenters. The van der Waals surface area contributed by atoms with Crippen LogP contribution in [0.4, 0.5) is 0 Å². The number of para-hydroxylation sites is 4. The first kappa shape index (κ1) is 34.6. The van der Waals surface area contributed by atoms with E-state index in [1.165, 1.54) is 120 Å². The maximum Gasteiger partial charge on any atom is 0.0571 e. The van der Waals surface area contributed by atoms with Gasteiger partial charge in [-0.15, -0.1) is 0 Å². The molecule has 0 fully saturated rings. The molecule has 2 aromatic heterocycles. The average molecular weight is 767 g/mol. The molecule has 12 aromatic rings. The molecule has 0 bridgehead atoms. The first-order valence-electron chi connectivity index (χ1n) is 21.3. The lowest BCUT2D eigenvalue weighted by molar-refractivity contribution is 0.828. The molecule has 0 saturated heterocycles. The van der Waals surface area contributed by atoms with E-state index in [-0.39, 0.29) is 0 Å². The van der Waals surface area contributed by atoms with Gasteiger partial charge in [0, 0.05) is 56.8 Å². The molecule has 0 N–H and O–H groups in total. The maximum absolute atomic E-state index is 2.51. The highest BCUT2D eigenvalue weighted by molar-refractivity contribution is 6.24. The van der Waals surface area contributed by atoms with E-state index < -0.39 is 0 Å². The van der Waals surface area contributed by atoms with Crippen LogP contribution in [0.2, 0.25) is 0 Å². The molecule has 60 heavy (non-hydrogen) atoms. The number of nitrogens with zero attached hydrogens (tertiary/aromatic N) is 2. The van der Waals surface area contributed by atoms with Crippen LogP contribution < -0.4 is 0 Å². The van der Waals surface area contributed by atoms with Crippen LogP contribution in [-0.2, 0) is 13.1 Å². The van der Waals surface area contributed by atoms with Gasteiger partial charge in [0.25, 0.3) is 0 Å². The largest absolute Gasteiger partial charge is 0.340 e. The van der Waals surface area contributed by atoms with Gasteiger partial charge in [-0.3, -0.25) is 0 Å². The Hall–Kier alpha value is -7.42. The minimum atomic E-state index is 0.889. The zero-order valence-corrected chi connectivity index (χ0v) is 33.8. The van der Waals surface area contributed by atoms with Crippen molar-refractivity contribution < 1.29 is 0 Å². The monoisotopic (exact) mass is 766 g/mol. The number of aromatic nitrogens is 2. The van der Waals surface area contributed by atoms with Crippen molar-refractivity contribution in [3.05, 3.63) is 194 Å². The molecule has 10 aromatic carbocycles. The third-order valence-corrected chi connectivity index (χ3v) is 13.1. The highest BCUT2D eigenvalue weighted by Crippen LogP contribution is 2.48. The second-order valence-electron chi connectivity index (χ2n) is 16.1. The summed E-state index contributed by atoms with van der Waals surface area (Å²) < 4.78 is 5.01. The molecule has 2 nitrogen and oxygen atoms in total. The van der Waals surface area contributed by atoms with Gasteiger partial charge in [-0.05, 0) is 104 Å². The summed E-state index contributed by atoms with van der Waals surface area (Å²) in [5, 5.41) is 12.7. The molecule has 12 rings (SSSR count). The molecule has 0 amide bonds. The van der Waals surface area contributed by atoms with Crippen LogP contribution in [0.3, 0.4) is 0 Å². The lowest BCUT2D eigenvalue weighted by Crippen LogP contribution is -1.97. The fraction of sp³-hybridized carbons (Fsp3) is 0.0690. The minimum Gasteiger partial charge on any atom is -0.340 e. The summed E-state index contributed by atoms with van der Waals surface area (Å²) in [7, 11) is 0. The van der Waals surface area contributed by atoms with Crippen molar-refractivity contribution in [1.29, 1.82) is 0 Å². The summed E-state index contributed by atoms with van der Waals surface area (Å²) in [6.07, 6.45) is 0. The van der Waals surface area contributed by atoms with Crippen molar-refractivity contribution in [2.45, 2.75) is 26.9 Å². The molecule has 0 spiro atoms. The number of rotatable bonds is 6. The second kappa shape index (κ2) is 13.6. The first-order valence-corrected chi connectivity index (χ1v) is 21.3. The summed E-state index contributed by atoms with van der Waals surface area (Å²) in [5.41, 5.74) is 15.1. The Morgan fingerprint density at radius 3 is 1.33 bits per heavy atom. The van der Waals surface area contributed by atoms with E-state index >= 15 is 0 Å². The third-order valence-electron chi connectivity index (χ3n) is 13.1. The van der Waals surface area contributed by atoms with Gasteiger partial charge >= 0.3 is 0 Å². The van der Waals surface area contributed by atoms with Crippen molar-refractivity contribution in [3.63, 3.8) is 0 Å². The van der Waals surface area contributed by atoms with Crippen LogP contribution in [0.1, 0.15) is 13.8 Å². The number of aryl methyl sites for hydroxylation is 2. The van der Waals surface area contributed by atoms with E-state index in [4.69, 9.17) is 0 Å². The normalized spacial score (nSPS) is 12.0. The molecule has 0 aliphatic heterocycles. The zero-order valence-electron chi connectivity index (χ0n) is 33.8.